The molecule has 0 unspecified atom stereocenters. The molecule has 0 aliphatic heterocycles. The normalized spacial score (nSPS) is 5.45. The van der Waals surface area contributed by atoms with Crippen molar-refractivity contribution in [2.75, 3.05) is 0 Å². The molecule has 0 aliphatic carbocycles. The van der Waals surface area contributed by atoms with Gasteiger partial charge in [0.25, 0.3) is 0 Å². The molecular weight excluding hydrogens is 850 g/mol. The molecule has 0 spiro atoms. The van der Waals surface area contributed by atoms with Crippen molar-refractivity contribution in [2.45, 2.75) is 0 Å². The van der Waals surface area contributed by atoms with Crippen LogP contribution in [0.15, 0.2) is 0 Å². The van der Waals surface area contributed by atoms with Crippen LogP contribution in [-0.2, 0) is 22.3 Å². The molecule has 0 aromatic heterocycles. The second kappa shape index (κ2) is 37.6. The molecule has 0 aliphatic rings. The number of hydrogen-bond donors (Lipinski definition) is 0. The van der Waals surface area contributed by atoms with Gasteiger partial charge >= 0.3 is 39.9 Å². The van der Waals surface area contributed by atoms with Gasteiger partial charge in [0.15, 0.2) is 0 Å². The van der Waals surface area contributed by atoms with Crippen molar-refractivity contribution in [2.24, 2.45) is 0 Å². The van der Waals surface area contributed by atoms with E-state index in [1.165, 1.54) is 0 Å². The Labute approximate surface area is 185 Å². The molecule has 0 fully saturated rings. The van der Waals surface area contributed by atoms with Gasteiger partial charge in [-0.1, -0.05) is 0 Å². The third-order valence-corrected chi connectivity index (χ3v) is 0. The zero-order valence-corrected chi connectivity index (χ0v) is 22.9. The van der Waals surface area contributed by atoms with Crippen LogP contribution in [0.5, 0.6) is 0 Å². The number of hydrogen-bond acceptors (Lipinski definition) is 15. The van der Waals surface area contributed by atoms with Crippen LogP contribution >= 0.6 is 0 Å². The van der Waals surface area contributed by atoms with Gasteiger partial charge in [-0.2, -0.15) is 0 Å². The fourth-order valence-corrected chi connectivity index (χ4v) is 0. The van der Waals surface area contributed by atoms with Crippen LogP contribution < -0.4 is 48.0 Å². The second-order valence-electron chi connectivity index (χ2n) is 1.25. The van der Waals surface area contributed by atoms with E-state index in [-0.39, 0.29) is 71.1 Å². The molecule has 0 bridgehead atoms. The monoisotopic (exact) mass is 850 g/mol. The van der Waals surface area contributed by atoms with Crippen LogP contribution in [-0.4, -0.2) is 45.9 Å². The van der Waals surface area contributed by atoms with Crippen molar-refractivity contribution in [1.29, 1.82) is 0 Å². The van der Waals surface area contributed by atoms with Crippen LogP contribution in [0.4, 0.5) is 0 Å². The average molecular weight is 850 g/mol. The van der Waals surface area contributed by atoms with Gasteiger partial charge in [0, 0.05) is 77.0 Å². The molecule has 22 heteroatoms. The van der Waals surface area contributed by atoms with Crippen LogP contribution in [0.1, 0.15) is 0 Å². The minimum atomic E-state index is -3.63. The Hall–Kier alpha value is 0.461. The molecule has 0 aromatic carbocycles. The molecule has 0 aromatic rings. The minimum Gasteiger partial charge on any atom is -0.672 e. The smallest absolute Gasteiger partial charge is 0.672 e. The molecule has 0 amide bonds. The quantitative estimate of drug-likeness (QED) is 0.204. The first-order chi connectivity index (χ1) is 8.66. The van der Waals surface area contributed by atoms with Gasteiger partial charge < -0.3 is 70.3 Å². The Morgan fingerprint density at radius 1 is 0.364 bits per heavy atom. The van der Waals surface area contributed by atoms with Crippen LogP contribution in [0, 0.1) is 71.1 Å². The van der Waals surface area contributed by atoms with Crippen molar-refractivity contribution in [3.8, 4) is 0 Å². The summed E-state index contributed by atoms with van der Waals surface area (Å²) >= 11 is 0. The zero-order valence-electron chi connectivity index (χ0n) is 9.62. The number of rotatable bonds is 0. The Kier molecular flexibility index (Phi) is 73.9. The van der Waals surface area contributed by atoms with Crippen LogP contribution in [0.25, 0.3) is 0 Å². The molecule has 0 saturated heterocycles. The standard InChI is InChI=1S/5O3Si.Th.U/c5*1-4(2)3;;/q5*-2;+4;. The predicted molar refractivity (Wildman–Crippen MR) is 32.2 cm³/mol. The van der Waals surface area contributed by atoms with Crippen molar-refractivity contribution in [1.82, 2.24) is 0 Å². The Balaban J connectivity index is -0.0000000250. The summed E-state index contributed by atoms with van der Waals surface area (Å²) in [5.74, 6) is 0. The van der Waals surface area contributed by atoms with E-state index in [1.807, 2.05) is 0 Å². The van der Waals surface area contributed by atoms with E-state index >= 15 is 0 Å². The third kappa shape index (κ3) is 36500. The summed E-state index contributed by atoms with van der Waals surface area (Å²) in [6.07, 6.45) is 0. The SMILES string of the molecule is O=[Si]([O-])[O-].O=[Si]([O-])[O-].O=[Si]([O-])[O-].O=[Si]([O-])[O-].O=[Si]([O-])[O-].[Th+4].[U]. The summed E-state index contributed by atoms with van der Waals surface area (Å²) in [6, 6.07) is 0. The van der Waals surface area contributed by atoms with Gasteiger partial charge in [0.1, 0.15) is 0 Å². The van der Waals surface area contributed by atoms with Crippen molar-refractivity contribution >= 4 is 45.9 Å². The van der Waals surface area contributed by atoms with E-state index in [0.29, 0.717) is 0 Å². The van der Waals surface area contributed by atoms with Crippen LogP contribution in [0.2, 0.25) is 0 Å². The fourth-order valence-electron chi connectivity index (χ4n) is 0. The van der Waals surface area contributed by atoms with Crippen LogP contribution in [0.3, 0.4) is 0 Å². The first kappa shape index (κ1) is 43.3. The Morgan fingerprint density at radius 3 is 0.364 bits per heavy atom. The Bertz CT molecular complexity index is 213. The van der Waals surface area contributed by atoms with E-state index in [1.54, 1.807) is 0 Å². The molecule has 15 nitrogen and oxygen atoms in total. The maximum Gasteiger partial charge on any atom is 4.00 e. The van der Waals surface area contributed by atoms with Crippen molar-refractivity contribution in [3.63, 3.8) is 0 Å². The Morgan fingerprint density at radius 2 is 0.364 bits per heavy atom. The van der Waals surface area contributed by atoms with Gasteiger partial charge in [-0.15, -0.1) is 0 Å². The first-order valence-corrected chi connectivity index (χ1v) is 9.19. The molecule has 0 saturated carbocycles. The van der Waals surface area contributed by atoms with E-state index in [9.17, 15) is 0 Å². The summed E-state index contributed by atoms with van der Waals surface area (Å²) in [6.45, 7) is 0. The summed E-state index contributed by atoms with van der Waals surface area (Å²) in [7, 11) is -18.1. The average Bonchev–Trinajstić information content (AvgIpc) is 1.94. The predicted octanol–water partition coefficient (Wildman–Crippen LogP) is -14.4. The summed E-state index contributed by atoms with van der Waals surface area (Å²) in [4.78, 5) is 85.2. The molecule has 124 valence electrons. The second-order valence-corrected chi connectivity index (χ2v) is 3.75. The first-order valence-electron chi connectivity index (χ1n) is 3.06. The fraction of sp³-hybridized carbons (Fsp3) is 0. The third-order valence-electron chi connectivity index (χ3n) is 0. The van der Waals surface area contributed by atoms with Gasteiger partial charge in [-0.3, -0.25) is 0 Å². The van der Waals surface area contributed by atoms with E-state index in [2.05, 4.69) is 0 Å². The molecule has 0 rings (SSSR count). The van der Waals surface area contributed by atoms with E-state index in [4.69, 9.17) is 70.3 Å². The van der Waals surface area contributed by atoms with Gasteiger partial charge in [-0.25, -0.2) is 0 Å². The minimum absolute atomic E-state index is 0. The van der Waals surface area contributed by atoms with E-state index < -0.39 is 45.9 Å². The van der Waals surface area contributed by atoms with Gasteiger partial charge in [0.05, 0.1) is 0 Å². The maximum atomic E-state index is 8.52. The van der Waals surface area contributed by atoms with Gasteiger partial charge in [0.2, 0.25) is 0 Å². The van der Waals surface area contributed by atoms with Crippen molar-refractivity contribution in [3.05, 3.63) is 0 Å². The molecule has 0 N–H and O–H groups in total. The maximum absolute atomic E-state index is 8.52. The van der Waals surface area contributed by atoms with Crippen molar-refractivity contribution < 1.29 is 141 Å². The molecule has 0 heterocycles. The zero-order chi connectivity index (χ0) is 17.9. The topological polar surface area (TPSA) is 316 Å². The molecule has 0 radical (unpaired) electrons. The van der Waals surface area contributed by atoms with Gasteiger partial charge in [-0.05, 0) is 0 Å². The van der Waals surface area contributed by atoms with E-state index in [0.717, 1.165) is 0 Å². The summed E-state index contributed by atoms with van der Waals surface area (Å²) in [5, 5.41) is 0. The summed E-state index contributed by atoms with van der Waals surface area (Å²) in [5.41, 5.74) is 0. The largest absolute Gasteiger partial charge is 4.00 e. The molecular formula is O15Si5ThU-6. The summed E-state index contributed by atoms with van der Waals surface area (Å²) < 4.78 is 42.6. The molecule has 0 atom stereocenters. The molecule has 22 heavy (non-hydrogen) atoms.